The first kappa shape index (κ1) is 8.51. The van der Waals surface area contributed by atoms with Crippen molar-refractivity contribution >= 4 is 22.6 Å². The molecule has 0 heterocycles. The van der Waals surface area contributed by atoms with Gasteiger partial charge in [-0.3, -0.25) is 0 Å². The lowest BCUT2D eigenvalue weighted by molar-refractivity contribution is 0.809. The van der Waals surface area contributed by atoms with E-state index in [0.29, 0.717) is 0 Å². The molecule has 0 radical (unpaired) electrons. The Labute approximate surface area is 86.5 Å². The van der Waals surface area contributed by atoms with E-state index < -0.39 is 0 Å². The van der Waals surface area contributed by atoms with Gasteiger partial charge in [0.25, 0.3) is 0 Å². The van der Waals surface area contributed by atoms with Crippen LogP contribution in [0.3, 0.4) is 0 Å². The van der Waals surface area contributed by atoms with Crippen molar-refractivity contribution in [1.29, 1.82) is 0 Å². The van der Waals surface area contributed by atoms with Crippen LogP contribution in [0.1, 0.15) is 17.9 Å². The number of rotatable bonds is 2. The largest absolute Gasteiger partial charge is 0.330 e. The monoisotopic (exact) mass is 273 g/mol. The highest BCUT2D eigenvalue weighted by atomic mass is 127. The summed E-state index contributed by atoms with van der Waals surface area (Å²) in [5, 5.41) is 0. The van der Waals surface area contributed by atoms with Crippen molar-refractivity contribution in [3.63, 3.8) is 0 Å². The molecule has 1 aliphatic rings. The van der Waals surface area contributed by atoms with Crippen LogP contribution < -0.4 is 5.73 Å². The van der Waals surface area contributed by atoms with E-state index in [2.05, 4.69) is 46.9 Å². The fourth-order valence-corrected chi connectivity index (χ4v) is 1.99. The van der Waals surface area contributed by atoms with Crippen molar-refractivity contribution in [2.75, 3.05) is 6.54 Å². The summed E-state index contributed by atoms with van der Waals surface area (Å²) in [6, 6.07) is 8.79. The van der Waals surface area contributed by atoms with Gasteiger partial charge in [-0.05, 0) is 65.1 Å². The highest BCUT2D eigenvalue weighted by molar-refractivity contribution is 14.1. The van der Waals surface area contributed by atoms with Gasteiger partial charge in [-0.2, -0.15) is 0 Å². The van der Waals surface area contributed by atoms with Crippen LogP contribution in [0.25, 0.3) is 0 Å². The van der Waals surface area contributed by atoms with Gasteiger partial charge in [0.15, 0.2) is 0 Å². The lowest BCUT2D eigenvalue weighted by Crippen LogP contribution is -2.01. The SMILES string of the molecule is NC[C@@H]1C[C@H]1c1ccc(I)cc1. The van der Waals surface area contributed by atoms with E-state index in [9.17, 15) is 0 Å². The summed E-state index contributed by atoms with van der Waals surface area (Å²) in [7, 11) is 0. The second-order valence-electron chi connectivity index (χ2n) is 3.39. The fraction of sp³-hybridized carbons (Fsp3) is 0.400. The smallest absolute Gasteiger partial charge is 0.0130 e. The van der Waals surface area contributed by atoms with Gasteiger partial charge in [0.2, 0.25) is 0 Å². The van der Waals surface area contributed by atoms with Gasteiger partial charge in [0.05, 0.1) is 0 Å². The van der Waals surface area contributed by atoms with Crippen molar-refractivity contribution in [3.8, 4) is 0 Å². The molecule has 1 fully saturated rings. The van der Waals surface area contributed by atoms with Crippen LogP contribution in [-0.2, 0) is 0 Å². The van der Waals surface area contributed by atoms with Crippen LogP contribution in [0.5, 0.6) is 0 Å². The molecule has 0 aliphatic heterocycles. The van der Waals surface area contributed by atoms with E-state index in [1.807, 2.05) is 0 Å². The summed E-state index contributed by atoms with van der Waals surface area (Å²) in [6.45, 7) is 0.844. The second-order valence-corrected chi connectivity index (χ2v) is 4.64. The molecule has 1 aliphatic carbocycles. The molecule has 0 saturated heterocycles. The maximum Gasteiger partial charge on any atom is 0.0130 e. The Morgan fingerprint density at radius 2 is 2.00 bits per heavy atom. The zero-order valence-corrected chi connectivity index (χ0v) is 8.99. The average molecular weight is 273 g/mol. The quantitative estimate of drug-likeness (QED) is 0.822. The molecule has 12 heavy (non-hydrogen) atoms. The molecule has 2 heteroatoms. The van der Waals surface area contributed by atoms with Crippen LogP contribution in [0.15, 0.2) is 24.3 Å². The van der Waals surface area contributed by atoms with Crippen molar-refractivity contribution in [2.24, 2.45) is 11.7 Å². The van der Waals surface area contributed by atoms with Crippen LogP contribution in [0, 0.1) is 9.49 Å². The van der Waals surface area contributed by atoms with Crippen LogP contribution >= 0.6 is 22.6 Å². The molecular weight excluding hydrogens is 261 g/mol. The molecule has 0 aromatic heterocycles. The zero-order chi connectivity index (χ0) is 8.55. The third kappa shape index (κ3) is 1.64. The summed E-state index contributed by atoms with van der Waals surface area (Å²) in [4.78, 5) is 0. The summed E-state index contributed by atoms with van der Waals surface area (Å²) in [6.07, 6.45) is 1.29. The Balaban J connectivity index is 2.10. The molecule has 0 unspecified atom stereocenters. The van der Waals surface area contributed by atoms with Gasteiger partial charge >= 0.3 is 0 Å². The standard InChI is InChI=1S/C10H12IN/c11-9-3-1-7(2-4-9)10-5-8(10)6-12/h1-4,8,10H,5-6,12H2/t8-,10-/m0/s1. The average Bonchev–Trinajstić information content (AvgIpc) is 2.85. The number of hydrogen-bond donors (Lipinski definition) is 1. The number of nitrogens with two attached hydrogens (primary N) is 1. The lowest BCUT2D eigenvalue weighted by atomic mass is 10.1. The summed E-state index contributed by atoms with van der Waals surface area (Å²) in [5.74, 6) is 1.51. The van der Waals surface area contributed by atoms with Gasteiger partial charge in [-0.25, -0.2) is 0 Å². The Hall–Kier alpha value is -0.0900. The minimum Gasteiger partial charge on any atom is -0.330 e. The van der Waals surface area contributed by atoms with Crippen molar-refractivity contribution < 1.29 is 0 Å². The molecule has 1 nitrogen and oxygen atoms in total. The van der Waals surface area contributed by atoms with Crippen LogP contribution in [-0.4, -0.2) is 6.54 Å². The first-order valence-electron chi connectivity index (χ1n) is 4.27. The van der Waals surface area contributed by atoms with E-state index in [-0.39, 0.29) is 0 Å². The van der Waals surface area contributed by atoms with Gasteiger partial charge < -0.3 is 5.73 Å². The van der Waals surface area contributed by atoms with E-state index in [1.165, 1.54) is 15.6 Å². The molecular formula is C10H12IN. The molecule has 2 atom stereocenters. The molecule has 64 valence electrons. The van der Waals surface area contributed by atoms with Gasteiger partial charge in [-0.15, -0.1) is 0 Å². The Bertz CT molecular complexity index is 268. The Morgan fingerprint density at radius 1 is 1.33 bits per heavy atom. The molecule has 2 N–H and O–H groups in total. The molecule has 0 spiro atoms. The number of halogens is 1. The fourth-order valence-electron chi connectivity index (χ4n) is 1.63. The Morgan fingerprint density at radius 3 is 2.50 bits per heavy atom. The second kappa shape index (κ2) is 3.34. The highest BCUT2D eigenvalue weighted by Gasteiger charge is 2.36. The van der Waals surface area contributed by atoms with Gasteiger partial charge in [0, 0.05) is 3.57 Å². The molecule has 1 saturated carbocycles. The lowest BCUT2D eigenvalue weighted by Gasteiger charge is -1.98. The number of hydrogen-bond acceptors (Lipinski definition) is 1. The molecule has 1 aromatic rings. The molecule has 1 aromatic carbocycles. The summed E-state index contributed by atoms with van der Waals surface area (Å²) >= 11 is 2.33. The first-order chi connectivity index (χ1) is 5.81. The Kier molecular flexibility index (Phi) is 2.37. The summed E-state index contributed by atoms with van der Waals surface area (Å²) < 4.78 is 1.31. The predicted molar refractivity (Wildman–Crippen MR) is 59.1 cm³/mol. The first-order valence-corrected chi connectivity index (χ1v) is 5.34. The van der Waals surface area contributed by atoms with E-state index in [1.54, 1.807) is 0 Å². The van der Waals surface area contributed by atoms with Crippen molar-refractivity contribution in [1.82, 2.24) is 0 Å². The van der Waals surface area contributed by atoms with Crippen molar-refractivity contribution in [3.05, 3.63) is 33.4 Å². The van der Waals surface area contributed by atoms with Crippen LogP contribution in [0.4, 0.5) is 0 Å². The van der Waals surface area contributed by atoms with E-state index in [0.717, 1.165) is 18.4 Å². The van der Waals surface area contributed by atoms with E-state index >= 15 is 0 Å². The minimum atomic E-state index is 0.755. The third-order valence-corrected chi connectivity index (χ3v) is 3.24. The normalized spacial score (nSPS) is 27.2. The summed E-state index contributed by atoms with van der Waals surface area (Å²) in [5.41, 5.74) is 7.05. The van der Waals surface area contributed by atoms with E-state index in [4.69, 9.17) is 5.73 Å². The third-order valence-electron chi connectivity index (χ3n) is 2.52. The highest BCUT2D eigenvalue weighted by Crippen LogP contribution is 2.46. The van der Waals surface area contributed by atoms with Gasteiger partial charge in [0.1, 0.15) is 0 Å². The van der Waals surface area contributed by atoms with Gasteiger partial charge in [-0.1, -0.05) is 12.1 Å². The van der Waals surface area contributed by atoms with Crippen LogP contribution in [0.2, 0.25) is 0 Å². The van der Waals surface area contributed by atoms with Crippen molar-refractivity contribution in [2.45, 2.75) is 12.3 Å². The topological polar surface area (TPSA) is 26.0 Å². The minimum absolute atomic E-state index is 0.755. The predicted octanol–water partition coefficient (Wildman–Crippen LogP) is 2.35. The maximum atomic E-state index is 5.59. The molecule has 0 amide bonds. The molecule has 2 rings (SSSR count). The maximum absolute atomic E-state index is 5.59. The zero-order valence-electron chi connectivity index (χ0n) is 6.83. The molecule has 0 bridgehead atoms. The number of benzene rings is 1.